The quantitative estimate of drug-likeness (QED) is 0.907. The Kier molecular flexibility index (Phi) is 5.30. The van der Waals surface area contributed by atoms with Crippen molar-refractivity contribution in [2.24, 2.45) is 11.7 Å². The fourth-order valence-electron chi connectivity index (χ4n) is 2.78. The van der Waals surface area contributed by atoms with Gasteiger partial charge < -0.3 is 15.4 Å². The van der Waals surface area contributed by atoms with E-state index in [0.29, 0.717) is 10.9 Å². The zero-order valence-electron chi connectivity index (χ0n) is 12.4. The molecule has 1 aliphatic heterocycles. The first-order valence-corrected chi connectivity index (χ1v) is 7.70. The van der Waals surface area contributed by atoms with Crippen molar-refractivity contribution in [3.8, 4) is 5.75 Å². The predicted molar refractivity (Wildman–Crippen MR) is 84.4 cm³/mol. The lowest BCUT2D eigenvalue weighted by molar-refractivity contribution is 0.115. The first-order chi connectivity index (χ1) is 9.44. The van der Waals surface area contributed by atoms with E-state index in [1.807, 2.05) is 24.3 Å². The molecule has 2 rings (SSSR count). The van der Waals surface area contributed by atoms with Crippen molar-refractivity contribution in [3.05, 3.63) is 29.3 Å². The van der Waals surface area contributed by atoms with Crippen molar-refractivity contribution in [1.82, 2.24) is 4.90 Å². The number of rotatable bonds is 5. The van der Waals surface area contributed by atoms with Gasteiger partial charge in [-0.3, -0.25) is 0 Å². The molecule has 0 spiro atoms. The SMILES string of the molecule is CC(C)(N)CN1CCCC(COc2ccccc2Cl)C1. The normalized spacial score (nSPS) is 20.9. The van der Waals surface area contributed by atoms with Crippen LogP contribution >= 0.6 is 11.6 Å². The smallest absolute Gasteiger partial charge is 0.137 e. The molecular formula is C16H25ClN2O. The summed E-state index contributed by atoms with van der Waals surface area (Å²) in [4.78, 5) is 2.45. The van der Waals surface area contributed by atoms with Crippen LogP contribution < -0.4 is 10.5 Å². The minimum atomic E-state index is -0.133. The van der Waals surface area contributed by atoms with Crippen molar-refractivity contribution in [2.45, 2.75) is 32.2 Å². The van der Waals surface area contributed by atoms with Crippen molar-refractivity contribution < 1.29 is 4.74 Å². The van der Waals surface area contributed by atoms with Gasteiger partial charge >= 0.3 is 0 Å². The van der Waals surface area contributed by atoms with Crippen molar-refractivity contribution >= 4 is 11.6 Å². The lowest BCUT2D eigenvalue weighted by Crippen LogP contribution is -2.49. The first-order valence-electron chi connectivity index (χ1n) is 7.32. The number of hydrogen-bond acceptors (Lipinski definition) is 3. The monoisotopic (exact) mass is 296 g/mol. The summed E-state index contributed by atoms with van der Waals surface area (Å²) in [5.41, 5.74) is 5.97. The average molecular weight is 297 g/mol. The summed E-state index contributed by atoms with van der Waals surface area (Å²) >= 11 is 6.11. The van der Waals surface area contributed by atoms with Crippen LogP contribution in [0, 0.1) is 5.92 Å². The molecular weight excluding hydrogens is 272 g/mol. The zero-order chi connectivity index (χ0) is 14.6. The molecule has 1 atom stereocenters. The molecule has 0 amide bonds. The fraction of sp³-hybridized carbons (Fsp3) is 0.625. The molecule has 0 aromatic heterocycles. The van der Waals surface area contributed by atoms with E-state index in [9.17, 15) is 0 Å². The maximum absolute atomic E-state index is 6.11. The van der Waals surface area contributed by atoms with Gasteiger partial charge in [0.1, 0.15) is 5.75 Å². The summed E-state index contributed by atoms with van der Waals surface area (Å²) in [6, 6.07) is 7.65. The van der Waals surface area contributed by atoms with E-state index in [-0.39, 0.29) is 5.54 Å². The Morgan fingerprint density at radius 1 is 1.40 bits per heavy atom. The Morgan fingerprint density at radius 3 is 2.85 bits per heavy atom. The number of ether oxygens (including phenoxy) is 1. The lowest BCUT2D eigenvalue weighted by atomic mass is 9.97. The van der Waals surface area contributed by atoms with Gasteiger partial charge in [0.2, 0.25) is 0 Å². The summed E-state index contributed by atoms with van der Waals surface area (Å²) in [6.45, 7) is 8.03. The minimum Gasteiger partial charge on any atom is -0.492 e. The second kappa shape index (κ2) is 6.79. The Bertz CT molecular complexity index is 431. The van der Waals surface area contributed by atoms with Gasteiger partial charge in [0.15, 0.2) is 0 Å². The van der Waals surface area contributed by atoms with Crippen LogP contribution in [0.15, 0.2) is 24.3 Å². The summed E-state index contributed by atoms with van der Waals surface area (Å²) in [6.07, 6.45) is 2.43. The number of hydrogen-bond donors (Lipinski definition) is 1. The highest BCUT2D eigenvalue weighted by Crippen LogP contribution is 2.25. The molecule has 0 radical (unpaired) electrons. The summed E-state index contributed by atoms with van der Waals surface area (Å²) in [5.74, 6) is 1.34. The molecule has 1 heterocycles. The third-order valence-electron chi connectivity index (χ3n) is 3.55. The minimum absolute atomic E-state index is 0.133. The van der Waals surface area contributed by atoms with Gasteiger partial charge in [-0.05, 0) is 45.4 Å². The predicted octanol–water partition coefficient (Wildman–Crippen LogP) is 3.17. The van der Waals surface area contributed by atoms with E-state index < -0.39 is 0 Å². The van der Waals surface area contributed by atoms with Crippen LogP contribution in [0.1, 0.15) is 26.7 Å². The number of halogens is 1. The molecule has 3 nitrogen and oxygen atoms in total. The van der Waals surface area contributed by atoms with Crippen LogP contribution in [0.25, 0.3) is 0 Å². The third-order valence-corrected chi connectivity index (χ3v) is 3.86. The van der Waals surface area contributed by atoms with E-state index in [4.69, 9.17) is 22.1 Å². The molecule has 1 unspecified atom stereocenters. The highest BCUT2D eigenvalue weighted by Gasteiger charge is 2.24. The molecule has 0 aliphatic carbocycles. The van der Waals surface area contributed by atoms with Gasteiger partial charge in [-0.25, -0.2) is 0 Å². The number of benzene rings is 1. The number of likely N-dealkylation sites (tertiary alicyclic amines) is 1. The van der Waals surface area contributed by atoms with Gasteiger partial charge in [-0.2, -0.15) is 0 Å². The van der Waals surface area contributed by atoms with Crippen LogP contribution in [0.2, 0.25) is 5.02 Å². The molecule has 1 aromatic rings. The molecule has 1 aromatic carbocycles. The Labute approximate surface area is 127 Å². The van der Waals surface area contributed by atoms with E-state index >= 15 is 0 Å². The largest absolute Gasteiger partial charge is 0.492 e. The van der Waals surface area contributed by atoms with Gasteiger partial charge in [0, 0.05) is 24.5 Å². The van der Waals surface area contributed by atoms with E-state index in [1.54, 1.807) is 0 Å². The second-order valence-corrected chi connectivity index (χ2v) is 6.88. The summed E-state index contributed by atoms with van der Waals surface area (Å²) < 4.78 is 5.86. The van der Waals surface area contributed by atoms with Crippen LogP contribution in [-0.2, 0) is 0 Å². The molecule has 4 heteroatoms. The zero-order valence-corrected chi connectivity index (χ0v) is 13.2. The van der Waals surface area contributed by atoms with Gasteiger partial charge in [0.25, 0.3) is 0 Å². The fourth-order valence-corrected chi connectivity index (χ4v) is 2.97. The number of para-hydroxylation sites is 1. The van der Waals surface area contributed by atoms with Crippen molar-refractivity contribution in [1.29, 1.82) is 0 Å². The lowest BCUT2D eigenvalue weighted by Gasteiger charge is -2.36. The van der Waals surface area contributed by atoms with E-state index in [0.717, 1.165) is 32.0 Å². The molecule has 1 fully saturated rings. The van der Waals surface area contributed by atoms with Crippen molar-refractivity contribution in [3.63, 3.8) is 0 Å². The van der Waals surface area contributed by atoms with Crippen molar-refractivity contribution in [2.75, 3.05) is 26.2 Å². The molecule has 20 heavy (non-hydrogen) atoms. The maximum atomic E-state index is 6.11. The van der Waals surface area contributed by atoms with E-state index in [1.165, 1.54) is 12.8 Å². The highest BCUT2D eigenvalue weighted by atomic mass is 35.5. The maximum Gasteiger partial charge on any atom is 0.137 e. The molecule has 0 bridgehead atoms. The topological polar surface area (TPSA) is 38.5 Å². The Hall–Kier alpha value is -0.770. The number of nitrogens with zero attached hydrogens (tertiary/aromatic N) is 1. The Morgan fingerprint density at radius 2 is 2.15 bits per heavy atom. The average Bonchev–Trinajstić information content (AvgIpc) is 2.36. The molecule has 0 saturated carbocycles. The van der Waals surface area contributed by atoms with E-state index in [2.05, 4.69) is 18.7 Å². The molecule has 112 valence electrons. The van der Waals surface area contributed by atoms with Gasteiger partial charge in [-0.15, -0.1) is 0 Å². The summed E-state index contributed by atoms with van der Waals surface area (Å²) in [7, 11) is 0. The van der Waals surface area contributed by atoms with Crippen LogP contribution in [-0.4, -0.2) is 36.7 Å². The third kappa shape index (κ3) is 4.97. The van der Waals surface area contributed by atoms with Gasteiger partial charge in [-0.1, -0.05) is 23.7 Å². The molecule has 1 aliphatic rings. The van der Waals surface area contributed by atoms with Crippen LogP contribution in [0.3, 0.4) is 0 Å². The standard InChI is InChI=1S/C16H25ClN2O/c1-16(2,18)12-19-9-5-6-13(10-19)11-20-15-8-4-3-7-14(15)17/h3-4,7-8,13H,5-6,9-12,18H2,1-2H3. The Balaban J connectivity index is 1.83. The van der Waals surface area contributed by atoms with Crippen LogP contribution in [0.4, 0.5) is 0 Å². The molecule has 1 saturated heterocycles. The first kappa shape index (κ1) is 15.6. The van der Waals surface area contributed by atoms with Crippen LogP contribution in [0.5, 0.6) is 5.75 Å². The molecule has 2 N–H and O–H groups in total. The highest BCUT2D eigenvalue weighted by molar-refractivity contribution is 6.32. The number of nitrogens with two attached hydrogens (primary N) is 1. The summed E-state index contributed by atoms with van der Waals surface area (Å²) in [5, 5.41) is 0.684. The number of piperidine rings is 1. The van der Waals surface area contributed by atoms with Gasteiger partial charge in [0.05, 0.1) is 11.6 Å². The second-order valence-electron chi connectivity index (χ2n) is 6.47.